The summed E-state index contributed by atoms with van der Waals surface area (Å²) in [5, 5.41) is 9.56. The van der Waals surface area contributed by atoms with Gasteiger partial charge >= 0.3 is 0 Å². The fraction of sp³-hybridized carbons (Fsp3) is 0.538. The van der Waals surface area contributed by atoms with E-state index in [0.717, 1.165) is 0 Å². The number of aliphatic hydroxyl groups is 1. The van der Waals surface area contributed by atoms with Crippen LogP contribution >= 0.6 is 0 Å². The molecule has 1 aromatic carbocycles. The first-order valence-electron chi connectivity index (χ1n) is 5.63. The summed E-state index contributed by atoms with van der Waals surface area (Å²) in [7, 11) is 0. The molecule has 1 rings (SSSR count). The Morgan fingerprint density at radius 1 is 1.19 bits per heavy atom. The molecule has 0 aliphatic carbocycles. The maximum Gasteiger partial charge on any atom is 0.129 e. The standard InChI is InChI=1S/C13H18F2O/c1-9(2)13(16)8-3-5-10-11(14)6-4-7-12(10)15/h4,6-7,9,13,16H,3,5,8H2,1-2H3. The van der Waals surface area contributed by atoms with Crippen LogP contribution in [0.25, 0.3) is 0 Å². The highest BCUT2D eigenvalue weighted by atomic mass is 19.1. The molecule has 3 heteroatoms. The molecule has 0 aromatic heterocycles. The summed E-state index contributed by atoms with van der Waals surface area (Å²) in [4.78, 5) is 0. The third-order valence-corrected chi connectivity index (χ3v) is 2.76. The zero-order valence-corrected chi connectivity index (χ0v) is 9.71. The topological polar surface area (TPSA) is 20.2 Å². The zero-order chi connectivity index (χ0) is 12.1. The Bertz CT molecular complexity index is 316. The molecule has 1 unspecified atom stereocenters. The largest absolute Gasteiger partial charge is 0.393 e. The first kappa shape index (κ1) is 13.1. The molecule has 1 nitrogen and oxygen atoms in total. The number of hydrogen-bond acceptors (Lipinski definition) is 1. The summed E-state index contributed by atoms with van der Waals surface area (Å²) in [5.41, 5.74) is 0.124. The van der Waals surface area contributed by atoms with Crippen molar-refractivity contribution in [2.75, 3.05) is 0 Å². The summed E-state index contributed by atoms with van der Waals surface area (Å²) in [5.74, 6) is -0.816. The van der Waals surface area contributed by atoms with Crippen LogP contribution in [0.1, 0.15) is 32.3 Å². The van der Waals surface area contributed by atoms with E-state index in [1.165, 1.54) is 18.2 Å². The van der Waals surface area contributed by atoms with Gasteiger partial charge in [0, 0.05) is 5.56 Å². The number of halogens is 2. The van der Waals surface area contributed by atoms with Crippen molar-refractivity contribution in [3.8, 4) is 0 Å². The fourth-order valence-corrected chi connectivity index (χ4v) is 1.59. The lowest BCUT2D eigenvalue weighted by Gasteiger charge is -2.14. The number of hydrogen-bond donors (Lipinski definition) is 1. The van der Waals surface area contributed by atoms with Crippen LogP contribution in [-0.4, -0.2) is 11.2 Å². The van der Waals surface area contributed by atoms with Gasteiger partial charge in [0.1, 0.15) is 11.6 Å². The van der Waals surface area contributed by atoms with Gasteiger partial charge in [-0.25, -0.2) is 8.78 Å². The van der Waals surface area contributed by atoms with Crippen molar-refractivity contribution in [1.82, 2.24) is 0 Å². The van der Waals surface area contributed by atoms with Crippen LogP contribution < -0.4 is 0 Å². The van der Waals surface area contributed by atoms with E-state index in [-0.39, 0.29) is 11.5 Å². The van der Waals surface area contributed by atoms with Gasteiger partial charge in [-0.1, -0.05) is 19.9 Å². The van der Waals surface area contributed by atoms with Gasteiger partial charge in [-0.15, -0.1) is 0 Å². The lowest BCUT2D eigenvalue weighted by Crippen LogP contribution is -2.14. The van der Waals surface area contributed by atoms with Crippen molar-refractivity contribution < 1.29 is 13.9 Å². The van der Waals surface area contributed by atoms with E-state index in [1.807, 2.05) is 13.8 Å². The van der Waals surface area contributed by atoms with Crippen molar-refractivity contribution >= 4 is 0 Å². The van der Waals surface area contributed by atoms with Crippen LogP contribution in [-0.2, 0) is 6.42 Å². The van der Waals surface area contributed by atoms with Gasteiger partial charge in [-0.2, -0.15) is 0 Å². The Balaban J connectivity index is 2.49. The normalized spacial score (nSPS) is 13.1. The van der Waals surface area contributed by atoms with Gasteiger partial charge in [-0.3, -0.25) is 0 Å². The monoisotopic (exact) mass is 228 g/mol. The van der Waals surface area contributed by atoms with E-state index in [0.29, 0.717) is 19.3 Å². The van der Waals surface area contributed by atoms with Crippen LogP contribution in [0, 0.1) is 17.6 Å². The quantitative estimate of drug-likeness (QED) is 0.819. The fourth-order valence-electron chi connectivity index (χ4n) is 1.59. The molecule has 0 radical (unpaired) electrons. The third-order valence-electron chi connectivity index (χ3n) is 2.76. The van der Waals surface area contributed by atoms with Crippen molar-refractivity contribution in [2.24, 2.45) is 5.92 Å². The predicted molar refractivity (Wildman–Crippen MR) is 60.1 cm³/mol. The van der Waals surface area contributed by atoms with Gasteiger partial charge < -0.3 is 5.11 Å². The van der Waals surface area contributed by atoms with Crippen molar-refractivity contribution in [2.45, 2.75) is 39.2 Å². The molecule has 0 bridgehead atoms. The first-order chi connectivity index (χ1) is 7.52. The molecule has 0 saturated carbocycles. The molecule has 0 heterocycles. The highest BCUT2D eigenvalue weighted by Gasteiger charge is 2.11. The summed E-state index contributed by atoms with van der Waals surface area (Å²) < 4.78 is 26.5. The van der Waals surface area contributed by atoms with Crippen LogP contribution in [0.15, 0.2) is 18.2 Å². The highest BCUT2D eigenvalue weighted by Crippen LogP contribution is 2.16. The Kier molecular flexibility index (Phi) is 4.87. The van der Waals surface area contributed by atoms with Crippen LogP contribution in [0.4, 0.5) is 8.78 Å². The summed E-state index contributed by atoms with van der Waals surface area (Å²) in [6.45, 7) is 3.85. The molecule has 0 aliphatic heterocycles. The van der Waals surface area contributed by atoms with Crippen molar-refractivity contribution in [1.29, 1.82) is 0 Å². The maximum absolute atomic E-state index is 13.2. The van der Waals surface area contributed by atoms with E-state index in [9.17, 15) is 13.9 Å². The lowest BCUT2D eigenvalue weighted by atomic mass is 9.99. The second-order valence-electron chi connectivity index (χ2n) is 4.40. The zero-order valence-electron chi connectivity index (χ0n) is 9.71. The SMILES string of the molecule is CC(C)C(O)CCCc1c(F)cccc1F. The number of benzene rings is 1. The lowest BCUT2D eigenvalue weighted by molar-refractivity contribution is 0.114. The number of aliphatic hydroxyl groups excluding tert-OH is 1. The molecular formula is C13H18F2O. The molecule has 16 heavy (non-hydrogen) atoms. The minimum absolute atomic E-state index is 0.124. The number of rotatable bonds is 5. The van der Waals surface area contributed by atoms with E-state index in [2.05, 4.69) is 0 Å². The smallest absolute Gasteiger partial charge is 0.129 e. The maximum atomic E-state index is 13.2. The molecule has 1 N–H and O–H groups in total. The van der Waals surface area contributed by atoms with E-state index >= 15 is 0 Å². The molecule has 0 fully saturated rings. The third kappa shape index (κ3) is 3.56. The minimum atomic E-state index is -0.501. The van der Waals surface area contributed by atoms with Gasteiger partial charge in [0.15, 0.2) is 0 Å². The molecule has 0 spiro atoms. The molecule has 0 saturated heterocycles. The molecule has 90 valence electrons. The average molecular weight is 228 g/mol. The van der Waals surface area contributed by atoms with Gasteiger partial charge in [-0.05, 0) is 37.3 Å². The Labute approximate surface area is 95.1 Å². The van der Waals surface area contributed by atoms with Crippen LogP contribution in [0.5, 0.6) is 0 Å². The average Bonchev–Trinajstić information content (AvgIpc) is 2.22. The molecule has 1 aromatic rings. The highest BCUT2D eigenvalue weighted by molar-refractivity contribution is 5.19. The summed E-state index contributed by atoms with van der Waals surface area (Å²) in [6, 6.07) is 3.88. The Morgan fingerprint density at radius 2 is 1.75 bits per heavy atom. The Morgan fingerprint density at radius 3 is 2.25 bits per heavy atom. The second-order valence-corrected chi connectivity index (χ2v) is 4.40. The van der Waals surface area contributed by atoms with Crippen LogP contribution in [0.3, 0.4) is 0 Å². The van der Waals surface area contributed by atoms with E-state index < -0.39 is 17.7 Å². The summed E-state index contributed by atoms with van der Waals surface area (Å²) >= 11 is 0. The van der Waals surface area contributed by atoms with Crippen molar-refractivity contribution in [3.05, 3.63) is 35.4 Å². The van der Waals surface area contributed by atoms with E-state index in [1.54, 1.807) is 0 Å². The van der Waals surface area contributed by atoms with E-state index in [4.69, 9.17) is 0 Å². The van der Waals surface area contributed by atoms with Gasteiger partial charge in [0.05, 0.1) is 6.10 Å². The van der Waals surface area contributed by atoms with Crippen molar-refractivity contribution in [3.63, 3.8) is 0 Å². The minimum Gasteiger partial charge on any atom is -0.393 e. The molecule has 0 aliphatic rings. The summed E-state index contributed by atoms with van der Waals surface area (Å²) in [6.07, 6.45) is 1.11. The Hall–Kier alpha value is -0.960. The first-order valence-corrected chi connectivity index (χ1v) is 5.63. The second kappa shape index (κ2) is 5.94. The molecule has 1 atom stereocenters. The molecule has 0 amide bonds. The predicted octanol–water partition coefficient (Wildman–Crippen LogP) is 3.30. The van der Waals surface area contributed by atoms with Gasteiger partial charge in [0.25, 0.3) is 0 Å². The molecular weight excluding hydrogens is 210 g/mol. The van der Waals surface area contributed by atoms with Gasteiger partial charge in [0.2, 0.25) is 0 Å². The van der Waals surface area contributed by atoms with Crippen LogP contribution in [0.2, 0.25) is 0 Å².